The number of aromatic hydroxyl groups is 1. The quantitative estimate of drug-likeness (QED) is 0.695. The minimum Gasteiger partial charge on any atom is -0.506 e. The number of nitrogens with zero attached hydrogens (tertiary/aromatic N) is 2. The number of aromatic carboxylic acids is 1. The number of aromatic nitrogens is 2. The number of benzene rings is 1. The first-order valence-corrected chi connectivity index (χ1v) is 4.46. The fraction of sp³-hybridized carbons (Fsp3) is 0. The fourth-order valence-electron chi connectivity index (χ4n) is 1.36. The molecule has 0 saturated heterocycles. The largest absolute Gasteiger partial charge is 0.506 e. The highest BCUT2D eigenvalue weighted by molar-refractivity contribution is 5.92. The molecule has 0 atom stereocenters. The molecule has 6 nitrogen and oxygen atoms in total. The summed E-state index contributed by atoms with van der Waals surface area (Å²) < 4.78 is 1.18. The molecule has 0 radical (unpaired) electrons. The predicted molar refractivity (Wildman–Crippen MR) is 56.6 cm³/mol. The minimum absolute atomic E-state index is 0.0192. The summed E-state index contributed by atoms with van der Waals surface area (Å²) >= 11 is 0. The van der Waals surface area contributed by atoms with Crippen molar-refractivity contribution in [3.05, 3.63) is 36.0 Å². The van der Waals surface area contributed by atoms with Gasteiger partial charge in [0.2, 0.25) is 0 Å². The third-order valence-corrected chi connectivity index (χ3v) is 2.15. The Kier molecular flexibility index (Phi) is 2.24. The van der Waals surface area contributed by atoms with Crippen molar-refractivity contribution in [3.63, 3.8) is 0 Å². The SMILES string of the molecule is Nc1c(C(=O)O)cnn1-c1ccccc1O. The van der Waals surface area contributed by atoms with Gasteiger partial charge >= 0.3 is 5.97 Å². The van der Waals surface area contributed by atoms with Gasteiger partial charge in [-0.25, -0.2) is 9.48 Å². The molecule has 0 spiro atoms. The zero-order chi connectivity index (χ0) is 11.7. The molecule has 16 heavy (non-hydrogen) atoms. The molecule has 2 rings (SSSR count). The first-order valence-electron chi connectivity index (χ1n) is 4.46. The van der Waals surface area contributed by atoms with Gasteiger partial charge in [0.1, 0.15) is 22.8 Å². The maximum Gasteiger partial charge on any atom is 0.341 e. The highest BCUT2D eigenvalue weighted by Gasteiger charge is 2.16. The number of phenols is 1. The summed E-state index contributed by atoms with van der Waals surface area (Å²) in [6, 6.07) is 6.40. The lowest BCUT2D eigenvalue weighted by Gasteiger charge is -2.05. The number of carbonyl (C=O) groups is 1. The van der Waals surface area contributed by atoms with Crippen LogP contribution in [0.1, 0.15) is 10.4 Å². The van der Waals surface area contributed by atoms with Crippen molar-refractivity contribution in [3.8, 4) is 11.4 Å². The number of para-hydroxylation sites is 2. The van der Waals surface area contributed by atoms with Crippen LogP contribution in [0.3, 0.4) is 0 Å². The van der Waals surface area contributed by atoms with E-state index >= 15 is 0 Å². The van der Waals surface area contributed by atoms with Gasteiger partial charge < -0.3 is 15.9 Å². The summed E-state index contributed by atoms with van der Waals surface area (Å²) in [7, 11) is 0. The number of hydrogen-bond acceptors (Lipinski definition) is 4. The molecule has 0 bridgehead atoms. The van der Waals surface area contributed by atoms with E-state index in [2.05, 4.69) is 5.10 Å². The van der Waals surface area contributed by atoms with Crippen LogP contribution >= 0.6 is 0 Å². The van der Waals surface area contributed by atoms with Crippen LogP contribution in [0.15, 0.2) is 30.5 Å². The Morgan fingerprint density at radius 1 is 1.38 bits per heavy atom. The molecule has 0 fully saturated rings. The fourth-order valence-corrected chi connectivity index (χ4v) is 1.36. The number of anilines is 1. The molecule has 0 amide bonds. The van der Waals surface area contributed by atoms with Crippen molar-refractivity contribution in [2.24, 2.45) is 0 Å². The van der Waals surface area contributed by atoms with E-state index in [0.29, 0.717) is 5.69 Å². The zero-order valence-corrected chi connectivity index (χ0v) is 8.16. The van der Waals surface area contributed by atoms with Gasteiger partial charge in [-0.1, -0.05) is 12.1 Å². The van der Waals surface area contributed by atoms with Gasteiger partial charge in [0, 0.05) is 0 Å². The van der Waals surface area contributed by atoms with Crippen LogP contribution < -0.4 is 5.73 Å². The van der Waals surface area contributed by atoms with Crippen LogP contribution in [-0.2, 0) is 0 Å². The number of hydrogen-bond donors (Lipinski definition) is 3. The van der Waals surface area contributed by atoms with Gasteiger partial charge in [0.25, 0.3) is 0 Å². The molecule has 0 aliphatic carbocycles. The van der Waals surface area contributed by atoms with Crippen molar-refractivity contribution >= 4 is 11.8 Å². The van der Waals surface area contributed by atoms with E-state index in [1.165, 1.54) is 10.7 Å². The highest BCUT2D eigenvalue weighted by Crippen LogP contribution is 2.24. The topological polar surface area (TPSA) is 101 Å². The Balaban J connectivity index is 2.58. The van der Waals surface area contributed by atoms with E-state index in [1.54, 1.807) is 18.2 Å². The van der Waals surface area contributed by atoms with Crippen LogP contribution in [0, 0.1) is 0 Å². The summed E-state index contributed by atoms with van der Waals surface area (Å²) in [6.45, 7) is 0. The number of phenolic OH excluding ortho intramolecular Hbond substituents is 1. The smallest absolute Gasteiger partial charge is 0.341 e. The van der Waals surface area contributed by atoms with Crippen molar-refractivity contribution in [2.45, 2.75) is 0 Å². The Morgan fingerprint density at radius 2 is 2.06 bits per heavy atom. The maximum atomic E-state index is 10.8. The third-order valence-electron chi connectivity index (χ3n) is 2.15. The summed E-state index contributed by atoms with van der Waals surface area (Å²) in [5.41, 5.74) is 5.86. The van der Waals surface area contributed by atoms with Gasteiger partial charge in [0.05, 0.1) is 6.20 Å². The second-order valence-electron chi connectivity index (χ2n) is 3.15. The maximum absolute atomic E-state index is 10.8. The average molecular weight is 219 g/mol. The Hall–Kier alpha value is -2.50. The molecule has 4 N–H and O–H groups in total. The van der Waals surface area contributed by atoms with Gasteiger partial charge in [-0.3, -0.25) is 0 Å². The lowest BCUT2D eigenvalue weighted by molar-refractivity contribution is 0.0698. The van der Waals surface area contributed by atoms with Crippen LogP contribution in [-0.4, -0.2) is 26.0 Å². The molecular formula is C10H9N3O3. The van der Waals surface area contributed by atoms with Crippen LogP contribution in [0.4, 0.5) is 5.82 Å². The van der Waals surface area contributed by atoms with Crippen molar-refractivity contribution in [2.75, 3.05) is 5.73 Å². The lowest BCUT2D eigenvalue weighted by Crippen LogP contribution is -2.05. The van der Waals surface area contributed by atoms with Crippen molar-refractivity contribution in [1.82, 2.24) is 9.78 Å². The summed E-state index contributed by atoms with van der Waals surface area (Å²) in [4.78, 5) is 10.8. The van der Waals surface area contributed by atoms with Crippen LogP contribution in [0.25, 0.3) is 5.69 Å². The lowest BCUT2D eigenvalue weighted by atomic mass is 10.3. The molecule has 1 aromatic carbocycles. The molecular weight excluding hydrogens is 210 g/mol. The molecule has 1 heterocycles. The van der Waals surface area contributed by atoms with Gasteiger partial charge in [-0.2, -0.15) is 5.10 Å². The van der Waals surface area contributed by atoms with E-state index in [1.807, 2.05) is 0 Å². The third kappa shape index (κ3) is 1.46. The predicted octanol–water partition coefficient (Wildman–Crippen LogP) is 0.858. The van der Waals surface area contributed by atoms with Crippen molar-refractivity contribution < 1.29 is 15.0 Å². The minimum atomic E-state index is -1.15. The summed E-state index contributed by atoms with van der Waals surface area (Å²) in [5, 5.41) is 22.2. The molecule has 0 aliphatic heterocycles. The van der Waals surface area contributed by atoms with Gasteiger partial charge in [0.15, 0.2) is 0 Å². The highest BCUT2D eigenvalue weighted by atomic mass is 16.4. The second kappa shape index (κ2) is 3.58. The standard InChI is InChI=1S/C10H9N3O3/c11-9-6(10(15)16)5-12-13(9)7-3-1-2-4-8(7)14/h1-5,14H,11H2,(H,15,16). The van der Waals surface area contributed by atoms with E-state index in [0.717, 1.165) is 6.20 Å². The monoisotopic (exact) mass is 219 g/mol. The molecule has 0 saturated carbocycles. The number of rotatable bonds is 2. The van der Waals surface area contributed by atoms with Crippen LogP contribution in [0.2, 0.25) is 0 Å². The van der Waals surface area contributed by atoms with Crippen molar-refractivity contribution in [1.29, 1.82) is 0 Å². The Labute approximate surface area is 90.6 Å². The molecule has 0 unspecified atom stereocenters. The molecule has 2 aromatic rings. The average Bonchev–Trinajstić information content (AvgIpc) is 2.61. The van der Waals surface area contributed by atoms with Gasteiger partial charge in [-0.15, -0.1) is 0 Å². The molecule has 1 aromatic heterocycles. The summed E-state index contributed by atoms with van der Waals surface area (Å²) in [6.07, 6.45) is 1.14. The normalized spacial score (nSPS) is 10.2. The summed E-state index contributed by atoms with van der Waals surface area (Å²) in [5.74, 6) is -1.19. The Bertz CT molecular complexity index is 548. The number of nitrogens with two attached hydrogens (primary N) is 1. The first-order chi connectivity index (χ1) is 7.61. The first kappa shape index (κ1) is 10.0. The number of nitrogen functional groups attached to an aromatic ring is 1. The van der Waals surface area contributed by atoms with Crippen LogP contribution in [0.5, 0.6) is 5.75 Å². The molecule has 0 aliphatic rings. The van der Waals surface area contributed by atoms with E-state index in [9.17, 15) is 9.90 Å². The van der Waals surface area contributed by atoms with E-state index < -0.39 is 5.97 Å². The zero-order valence-electron chi connectivity index (χ0n) is 8.16. The number of carboxylic acid groups (broad SMARTS) is 1. The second-order valence-corrected chi connectivity index (χ2v) is 3.15. The molecule has 82 valence electrons. The number of carboxylic acids is 1. The van der Waals surface area contributed by atoms with Gasteiger partial charge in [-0.05, 0) is 12.1 Å². The van der Waals surface area contributed by atoms with E-state index in [-0.39, 0.29) is 17.1 Å². The molecule has 6 heteroatoms. The van der Waals surface area contributed by atoms with E-state index in [4.69, 9.17) is 10.8 Å². The Morgan fingerprint density at radius 3 is 2.62 bits per heavy atom.